The molecule has 128 valence electrons. The zero-order valence-corrected chi connectivity index (χ0v) is 14.0. The molecule has 24 heavy (non-hydrogen) atoms. The van der Waals surface area contributed by atoms with Crippen molar-refractivity contribution < 1.29 is 9.21 Å². The third kappa shape index (κ3) is 4.04. The molecule has 1 aliphatic rings. The maximum atomic E-state index is 12.2. The summed E-state index contributed by atoms with van der Waals surface area (Å²) >= 11 is 0. The van der Waals surface area contributed by atoms with Gasteiger partial charge in [-0.1, -0.05) is 0 Å². The third-order valence-electron chi connectivity index (χ3n) is 4.20. The minimum Gasteiger partial charge on any atom is -0.464 e. The number of urea groups is 1. The normalized spacial score (nSPS) is 16.7. The molecule has 3 rings (SSSR count). The summed E-state index contributed by atoms with van der Waals surface area (Å²) in [6.07, 6.45) is 5.25. The van der Waals surface area contributed by atoms with E-state index in [2.05, 4.69) is 25.5 Å². The van der Waals surface area contributed by atoms with Crippen LogP contribution in [0.2, 0.25) is 0 Å². The fraction of sp³-hybridized carbons (Fsp3) is 0.471. The number of rotatable bonds is 4. The first-order valence-corrected chi connectivity index (χ1v) is 8.27. The monoisotopic (exact) mass is 329 g/mol. The van der Waals surface area contributed by atoms with Crippen molar-refractivity contribution in [2.45, 2.75) is 38.8 Å². The van der Waals surface area contributed by atoms with E-state index in [0.717, 1.165) is 43.4 Å². The average molecular weight is 329 g/mol. The molecule has 0 aliphatic carbocycles. The summed E-state index contributed by atoms with van der Waals surface area (Å²) in [6, 6.07) is 5.44. The van der Waals surface area contributed by atoms with Crippen molar-refractivity contribution in [3.8, 4) is 0 Å². The summed E-state index contributed by atoms with van der Waals surface area (Å²) in [6.45, 7) is 5.47. The van der Waals surface area contributed by atoms with Crippen molar-refractivity contribution in [2.24, 2.45) is 0 Å². The molecule has 2 aromatic rings. The minimum atomic E-state index is -0.161. The maximum absolute atomic E-state index is 12.2. The first kappa shape index (κ1) is 16.3. The summed E-state index contributed by atoms with van der Waals surface area (Å²) < 4.78 is 5.54. The topological polar surface area (TPSA) is 83.3 Å². The quantitative estimate of drug-likeness (QED) is 0.900. The summed E-state index contributed by atoms with van der Waals surface area (Å²) in [4.78, 5) is 22.8. The van der Waals surface area contributed by atoms with Gasteiger partial charge in [0.1, 0.15) is 11.5 Å². The van der Waals surface area contributed by atoms with Crippen LogP contribution in [0.15, 0.2) is 35.0 Å². The minimum absolute atomic E-state index is 0.156. The van der Waals surface area contributed by atoms with E-state index in [4.69, 9.17) is 4.42 Å². The van der Waals surface area contributed by atoms with Gasteiger partial charge in [0.05, 0.1) is 6.04 Å². The van der Waals surface area contributed by atoms with Crippen LogP contribution in [0.4, 0.5) is 10.7 Å². The lowest BCUT2D eigenvalue weighted by atomic mass is 10.1. The lowest BCUT2D eigenvalue weighted by molar-refractivity contribution is 0.229. The molecule has 0 spiro atoms. The number of carbonyl (C=O) groups is 1. The number of hydrogen-bond donors (Lipinski definition) is 2. The summed E-state index contributed by atoms with van der Waals surface area (Å²) in [5, 5.41) is 5.96. The van der Waals surface area contributed by atoms with Crippen LogP contribution in [-0.4, -0.2) is 35.1 Å². The Balaban J connectivity index is 1.45. The summed E-state index contributed by atoms with van der Waals surface area (Å²) in [7, 11) is 0. The molecule has 1 fully saturated rings. The van der Waals surface area contributed by atoms with Gasteiger partial charge in [0, 0.05) is 31.5 Å². The molecule has 2 aromatic heterocycles. The average Bonchev–Trinajstić information content (AvgIpc) is 3.03. The summed E-state index contributed by atoms with van der Waals surface area (Å²) in [5.41, 5.74) is 0. The molecule has 0 aromatic carbocycles. The Morgan fingerprint density at radius 2 is 2.00 bits per heavy atom. The molecule has 2 N–H and O–H groups in total. The molecule has 2 amide bonds. The standard InChI is InChI=1S/C17H23N5O2/c1-12-4-5-15(24-12)13(2)20-17(23)21-14-6-10-22(11-7-14)16-18-8-3-9-19-16/h3-5,8-9,13-14H,6-7,10-11H2,1-2H3,(H2,20,21,23)/t13-/m0/s1. The Bertz CT molecular complexity index is 665. The Hall–Kier alpha value is -2.57. The lowest BCUT2D eigenvalue weighted by Crippen LogP contribution is -2.48. The number of piperidine rings is 1. The highest BCUT2D eigenvalue weighted by Crippen LogP contribution is 2.17. The highest BCUT2D eigenvalue weighted by atomic mass is 16.3. The predicted octanol–water partition coefficient (Wildman–Crippen LogP) is 2.41. The van der Waals surface area contributed by atoms with E-state index in [1.807, 2.05) is 32.0 Å². The van der Waals surface area contributed by atoms with Crippen LogP contribution in [-0.2, 0) is 0 Å². The first-order chi connectivity index (χ1) is 11.6. The van der Waals surface area contributed by atoms with Crippen LogP contribution in [0.1, 0.15) is 37.3 Å². The second kappa shape index (κ2) is 7.33. The van der Waals surface area contributed by atoms with Crippen molar-refractivity contribution in [1.82, 2.24) is 20.6 Å². The molecule has 7 nitrogen and oxygen atoms in total. The van der Waals surface area contributed by atoms with E-state index >= 15 is 0 Å². The van der Waals surface area contributed by atoms with Crippen molar-refractivity contribution >= 4 is 12.0 Å². The van der Waals surface area contributed by atoms with Gasteiger partial charge in [0.15, 0.2) is 0 Å². The van der Waals surface area contributed by atoms with Gasteiger partial charge in [-0.2, -0.15) is 0 Å². The van der Waals surface area contributed by atoms with E-state index in [-0.39, 0.29) is 18.1 Å². The fourth-order valence-corrected chi connectivity index (χ4v) is 2.86. The van der Waals surface area contributed by atoms with Crippen molar-refractivity contribution in [3.05, 3.63) is 42.1 Å². The molecule has 7 heteroatoms. The van der Waals surface area contributed by atoms with Crippen LogP contribution >= 0.6 is 0 Å². The van der Waals surface area contributed by atoms with Crippen molar-refractivity contribution in [1.29, 1.82) is 0 Å². The molecule has 0 bridgehead atoms. The molecular weight excluding hydrogens is 306 g/mol. The zero-order valence-electron chi connectivity index (χ0n) is 14.0. The van der Waals surface area contributed by atoms with Crippen molar-refractivity contribution in [3.63, 3.8) is 0 Å². The van der Waals surface area contributed by atoms with Crippen LogP contribution < -0.4 is 15.5 Å². The van der Waals surface area contributed by atoms with Gasteiger partial charge in [-0.3, -0.25) is 0 Å². The largest absolute Gasteiger partial charge is 0.464 e. The van der Waals surface area contributed by atoms with Gasteiger partial charge >= 0.3 is 6.03 Å². The molecule has 3 heterocycles. The van der Waals surface area contributed by atoms with E-state index in [0.29, 0.717) is 0 Å². The Morgan fingerprint density at radius 3 is 2.62 bits per heavy atom. The number of carbonyl (C=O) groups excluding carboxylic acids is 1. The van der Waals surface area contributed by atoms with E-state index in [9.17, 15) is 4.79 Å². The van der Waals surface area contributed by atoms with Gasteiger partial charge < -0.3 is 20.0 Å². The van der Waals surface area contributed by atoms with Crippen LogP contribution in [0.3, 0.4) is 0 Å². The molecule has 1 atom stereocenters. The highest BCUT2D eigenvalue weighted by molar-refractivity contribution is 5.74. The second-order valence-corrected chi connectivity index (χ2v) is 6.10. The summed E-state index contributed by atoms with van der Waals surface area (Å²) in [5.74, 6) is 2.36. The number of nitrogens with zero attached hydrogens (tertiary/aromatic N) is 3. The molecular formula is C17H23N5O2. The Labute approximate surface area is 141 Å². The van der Waals surface area contributed by atoms with E-state index < -0.39 is 0 Å². The van der Waals surface area contributed by atoms with Gasteiger partial charge in [-0.15, -0.1) is 0 Å². The van der Waals surface area contributed by atoms with Gasteiger partial charge in [0.25, 0.3) is 0 Å². The lowest BCUT2D eigenvalue weighted by Gasteiger charge is -2.32. The number of amides is 2. The van der Waals surface area contributed by atoms with Gasteiger partial charge in [-0.05, 0) is 44.9 Å². The first-order valence-electron chi connectivity index (χ1n) is 8.27. The number of nitrogens with one attached hydrogen (secondary N) is 2. The Morgan fingerprint density at radius 1 is 1.29 bits per heavy atom. The molecule has 0 radical (unpaired) electrons. The molecule has 0 unspecified atom stereocenters. The van der Waals surface area contributed by atoms with Crippen LogP contribution in [0.5, 0.6) is 0 Å². The second-order valence-electron chi connectivity index (χ2n) is 6.10. The number of hydrogen-bond acceptors (Lipinski definition) is 5. The molecule has 1 saturated heterocycles. The number of anilines is 1. The van der Waals surface area contributed by atoms with E-state index in [1.54, 1.807) is 12.4 Å². The maximum Gasteiger partial charge on any atom is 0.315 e. The van der Waals surface area contributed by atoms with Crippen LogP contribution in [0.25, 0.3) is 0 Å². The smallest absolute Gasteiger partial charge is 0.315 e. The van der Waals surface area contributed by atoms with Gasteiger partial charge in [-0.25, -0.2) is 14.8 Å². The fourth-order valence-electron chi connectivity index (χ4n) is 2.86. The Kier molecular flexibility index (Phi) is 4.98. The van der Waals surface area contributed by atoms with Gasteiger partial charge in [0.2, 0.25) is 5.95 Å². The zero-order chi connectivity index (χ0) is 16.9. The van der Waals surface area contributed by atoms with E-state index in [1.165, 1.54) is 0 Å². The van der Waals surface area contributed by atoms with Crippen molar-refractivity contribution in [2.75, 3.05) is 18.0 Å². The highest BCUT2D eigenvalue weighted by Gasteiger charge is 2.23. The number of aryl methyl sites for hydroxylation is 1. The molecule has 1 aliphatic heterocycles. The predicted molar refractivity (Wildman–Crippen MR) is 90.8 cm³/mol. The SMILES string of the molecule is Cc1ccc([C@H](C)NC(=O)NC2CCN(c3ncccn3)CC2)o1. The number of furan rings is 1. The third-order valence-corrected chi connectivity index (χ3v) is 4.20. The number of aromatic nitrogens is 2. The molecule has 0 saturated carbocycles. The van der Waals surface area contributed by atoms with Crippen LogP contribution in [0, 0.1) is 6.92 Å².